The third-order valence-electron chi connectivity index (χ3n) is 2.47. The lowest BCUT2D eigenvalue weighted by Gasteiger charge is -2.15. The van der Waals surface area contributed by atoms with Crippen LogP contribution >= 0.6 is 11.6 Å². The number of hydrogen-bond acceptors (Lipinski definition) is 4. The number of hydrogen-bond donors (Lipinski definition) is 1. The van der Waals surface area contributed by atoms with Crippen molar-refractivity contribution in [2.24, 2.45) is 0 Å². The summed E-state index contributed by atoms with van der Waals surface area (Å²) in [7, 11) is 5.38. The lowest BCUT2D eigenvalue weighted by molar-refractivity contribution is 0.0691. The highest BCUT2D eigenvalue weighted by molar-refractivity contribution is 6.31. The summed E-state index contributed by atoms with van der Waals surface area (Å²) in [6, 6.07) is 2.89. The van der Waals surface area contributed by atoms with Crippen LogP contribution in [0.3, 0.4) is 0 Å². The summed E-state index contributed by atoms with van der Waals surface area (Å²) in [6.45, 7) is 1.27. The molecule has 0 unspecified atom stereocenters. The molecule has 0 atom stereocenters. The van der Waals surface area contributed by atoms with Gasteiger partial charge in [-0.05, 0) is 26.6 Å². The SMILES string of the molecule is COc1cc(Cl)cc(C(=O)O)c1OCCCN(C)C. The molecule has 1 rings (SSSR count). The number of carboxylic acid groups (broad SMARTS) is 1. The molecule has 0 fully saturated rings. The second kappa shape index (κ2) is 7.21. The summed E-state index contributed by atoms with van der Waals surface area (Å²) < 4.78 is 10.6. The van der Waals surface area contributed by atoms with Crippen molar-refractivity contribution in [1.29, 1.82) is 0 Å². The zero-order valence-electron chi connectivity index (χ0n) is 11.3. The number of methoxy groups -OCH3 is 1. The molecule has 0 heterocycles. The molecule has 0 radical (unpaired) electrons. The third kappa shape index (κ3) is 4.61. The van der Waals surface area contributed by atoms with Gasteiger partial charge >= 0.3 is 5.97 Å². The Balaban J connectivity index is 2.87. The van der Waals surface area contributed by atoms with Gasteiger partial charge in [0.25, 0.3) is 0 Å². The van der Waals surface area contributed by atoms with Crippen LogP contribution in [0.1, 0.15) is 16.8 Å². The van der Waals surface area contributed by atoms with Gasteiger partial charge in [-0.25, -0.2) is 4.79 Å². The molecule has 0 bridgehead atoms. The van der Waals surface area contributed by atoms with Crippen LogP contribution in [0, 0.1) is 0 Å². The van der Waals surface area contributed by atoms with Gasteiger partial charge in [-0.1, -0.05) is 11.6 Å². The Labute approximate surface area is 117 Å². The molecule has 0 aliphatic rings. The second-order valence-electron chi connectivity index (χ2n) is 4.30. The van der Waals surface area contributed by atoms with Gasteiger partial charge in [0, 0.05) is 17.6 Å². The van der Waals surface area contributed by atoms with Crippen LogP contribution in [0.2, 0.25) is 5.02 Å². The number of rotatable bonds is 7. The average molecular weight is 288 g/mol. The maximum absolute atomic E-state index is 11.2. The van der Waals surface area contributed by atoms with E-state index in [0.29, 0.717) is 17.4 Å². The van der Waals surface area contributed by atoms with Crippen LogP contribution in [0.25, 0.3) is 0 Å². The minimum atomic E-state index is -1.09. The molecule has 6 heteroatoms. The predicted octanol–water partition coefficient (Wildman–Crippen LogP) is 2.38. The third-order valence-corrected chi connectivity index (χ3v) is 2.68. The first-order valence-corrected chi connectivity index (χ1v) is 6.22. The number of halogens is 1. The highest BCUT2D eigenvalue weighted by atomic mass is 35.5. The molecule has 0 saturated heterocycles. The molecule has 0 amide bonds. The van der Waals surface area contributed by atoms with Crippen molar-refractivity contribution in [1.82, 2.24) is 4.90 Å². The molecule has 1 aromatic rings. The van der Waals surface area contributed by atoms with E-state index in [1.807, 2.05) is 19.0 Å². The molecule has 106 valence electrons. The van der Waals surface area contributed by atoms with Crippen LogP contribution < -0.4 is 9.47 Å². The molecule has 0 aromatic heterocycles. The topological polar surface area (TPSA) is 59.0 Å². The molecule has 19 heavy (non-hydrogen) atoms. The lowest BCUT2D eigenvalue weighted by atomic mass is 10.2. The van der Waals surface area contributed by atoms with Crippen molar-refractivity contribution >= 4 is 17.6 Å². The average Bonchev–Trinajstić information content (AvgIpc) is 2.34. The maximum Gasteiger partial charge on any atom is 0.339 e. The molecule has 0 saturated carbocycles. The van der Waals surface area contributed by atoms with Crippen LogP contribution in [-0.4, -0.2) is 50.3 Å². The first-order chi connectivity index (χ1) is 8.95. The van der Waals surface area contributed by atoms with E-state index in [2.05, 4.69) is 0 Å². The van der Waals surface area contributed by atoms with E-state index in [1.54, 1.807) is 0 Å². The van der Waals surface area contributed by atoms with Crippen molar-refractivity contribution in [3.05, 3.63) is 22.7 Å². The Hall–Kier alpha value is -1.46. The van der Waals surface area contributed by atoms with Crippen molar-refractivity contribution in [3.8, 4) is 11.5 Å². The standard InChI is InChI=1S/C13H18ClNO4/c1-15(2)5-4-6-19-12-10(13(16)17)7-9(14)8-11(12)18-3/h7-8H,4-6H2,1-3H3,(H,16,17). The fraction of sp³-hybridized carbons (Fsp3) is 0.462. The van der Waals surface area contributed by atoms with Gasteiger partial charge in [0.15, 0.2) is 11.5 Å². The summed E-state index contributed by atoms with van der Waals surface area (Å²) >= 11 is 5.84. The van der Waals surface area contributed by atoms with E-state index in [1.165, 1.54) is 19.2 Å². The highest BCUT2D eigenvalue weighted by Crippen LogP contribution is 2.34. The van der Waals surface area contributed by atoms with Gasteiger partial charge in [0.2, 0.25) is 0 Å². The first-order valence-electron chi connectivity index (χ1n) is 5.84. The smallest absolute Gasteiger partial charge is 0.339 e. The summed E-state index contributed by atoms with van der Waals surface area (Å²) in [5, 5.41) is 9.45. The molecule has 5 nitrogen and oxygen atoms in total. The molecule has 0 aliphatic heterocycles. The molecule has 1 N–H and O–H groups in total. The lowest BCUT2D eigenvalue weighted by Crippen LogP contribution is -2.16. The van der Waals surface area contributed by atoms with E-state index in [0.717, 1.165) is 13.0 Å². The molecule has 0 aliphatic carbocycles. The van der Waals surface area contributed by atoms with Gasteiger partial charge in [-0.2, -0.15) is 0 Å². The summed E-state index contributed by atoms with van der Waals surface area (Å²) in [5.74, 6) is -0.545. The van der Waals surface area contributed by atoms with Crippen LogP contribution in [0.5, 0.6) is 11.5 Å². The van der Waals surface area contributed by atoms with Crippen LogP contribution in [-0.2, 0) is 0 Å². The zero-order valence-corrected chi connectivity index (χ0v) is 12.0. The minimum absolute atomic E-state index is 0.00852. The normalized spacial score (nSPS) is 10.6. The van der Waals surface area contributed by atoms with Gasteiger partial charge in [-0.15, -0.1) is 0 Å². The van der Waals surface area contributed by atoms with Crippen molar-refractivity contribution in [3.63, 3.8) is 0 Å². The fourth-order valence-electron chi connectivity index (χ4n) is 1.58. The Bertz CT molecular complexity index is 449. The Morgan fingerprint density at radius 3 is 2.63 bits per heavy atom. The quantitative estimate of drug-likeness (QED) is 0.780. The van der Waals surface area contributed by atoms with Gasteiger partial charge in [-0.3, -0.25) is 0 Å². The van der Waals surface area contributed by atoms with Gasteiger partial charge < -0.3 is 19.5 Å². The Morgan fingerprint density at radius 2 is 2.11 bits per heavy atom. The second-order valence-corrected chi connectivity index (χ2v) is 4.73. The Morgan fingerprint density at radius 1 is 1.42 bits per heavy atom. The first kappa shape index (κ1) is 15.6. The Kier molecular flexibility index (Phi) is 5.92. The zero-order chi connectivity index (χ0) is 14.4. The number of benzene rings is 1. The van der Waals surface area contributed by atoms with Crippen molar-refractivity contribution in [2.75, 3.05) is 34.4 Å². The van der Waals surface area contributed by atoms with E-state index in [4.69, 9.17) is 26.2 Å². The molecule has 1 aromatic carbocycles. The van der Waals surface area contributed by atoms with E-state index < -0.39 is 5.97 Å². The number of nitrogens with zero attached hydrogens (tertiary/aromatic N) is 1. The van der Waals surface area contributed by atoms with Crippen LogP contribution in [0.15, 0.2) is 12.1 Å². The maximum atomic E-state index is 11.2. The van der Waals surface area contributed by atoms with E-state index in [9.17, 15) is 4.79 Å². The molecular formula is C13H18ClNO4. The predicted molar refractivity (Wildman–Crippen MR) is 73.6 cm³/mol. The van der Waals surface area contributed by atoms with Crippen LogP contribution in [0.4, 0.5) is 0 Å². The van der Waals surface area contributed by atoms with E-state index in [-0.39, 0.29) is 11.3 Å². The molecule has 0 spiro atoms. The van der Waals surface area contributed by atoms with Gasteiger partial charge in [0.05, 0.1) is 13.7 Å². The number of ether oxygens (including phenoxy) is 2. The van der Waals surface area contributed by atoms with Crippen molar-refractivity contribution in [2.45, 2.75) is 6.42 Å². The fourth-order valence-corrected chi connectivity index (χ4v) is 1.79. The van der Waals surface area contributed by atoms with Gasteiger partial charge in [0.1, 0.15) is 5.56 Å². The molecular weight excluding hydrogens is 270 g/mol. The van der Waals surface area contributed by atoms with E-state index >= 15 is 0 Å². The summed E-state index contributed by atoms with van der Waals surface area (Å²) in [6.07, 6.45) is 0.790. The number of carboxylic acids is 1. The minimum Gasteiger partial charge on any atom is -0.493 e. The largest absolute Gasteiger partial charge is 0.493 e. The summed E-state index contributed by atoms with van der Waals surface area (Å²) in [4.78, 5) is 13.2. The monoisotopic (exact) mass is 287 g/mol. The number of aromatic carboxylic acids is 1. The highest BCUT2D eigenvalue weighted by Gasteiger charge is 2.18. The number of carbonyl (C=O) groups is 1. The van der Waals surface area contributed by atoms with Crippen molar-refractivity contribution < 1.29 is 19.4 Å². The summed E-state index contributed by atoms with van der Waals surface area (Å²) in [5.41, 5.74) is 0.00852.